The fraction of sp³-hybridized carbons (Fsp3) is 0.333. The van der Waals surface area contributed by atoms with Crippen LogP contribution in [0.4, 0.5) is 14.6 Å². The Labute approximate surface area is 199 Å². The van der Waals surface area contributed by atoms with Gasteiger partial charge in [0.15, 0.2) is 11.6 Å². The minimum Gasteiger partial charge on any atom is -0.482 e. The number of rotatable bonds is 5. The lowest BCUT2D eigenvalue weighted by molar-refractivity contribution is 0.0181. The summed E-state index contributed by atoms with van der Waals surface area (Å²) in [5, 5.41) is 9.60. The number of aliphatic hydroxyl groups excluding tert-OH is 1. The number of pyridine rings is 2. The molecular formula is C24H22ClF2N3O4. The third kappa shape index (κ3) is 4.09. The molecule has 7 nitrogen and oxygen atoms in total. The Bertz CT molecular complexity index is 1210. The predicted octanol–water partition coefficient (Wildman–Crippen LogP) is 4.04. The number of benzene rings is 1. The number of ether oxygens (including phenoxy) is 3. The summed E-state index contributed by atoms with van der Waals surface area (Å²) in [5.74, 6) is -1.19. The third-order valence-corrected chi connectivity index (χ3v) is 6.58. The monoisotopic (exact) mass is 489 g/mol. The number of nitrogens with two attached hydrogens (primary N) is 1. The lowest BCUT2D eigenvalue weighted by Gasteiger charge is -2.19. The molecular weight excluding hydrogens is 468 g/mol. The van der Waals surface area contributed by atoms with E-state index in [4.69, 9.17) is 31.5 Å². The van der Waals surface area contributed by atoms with Gasteiger partial charge in [-0.2, -0.15) is 0 Å². The maximum atomic E-state index is 14.3. The minimum atomic E-state index is -0.917. The summed E-state index contributed by atoms with van der Waals surface area (Å²) >= 11 is 5.95. The Morgan fingerprint density at radius 3 is 2.56 bits per heavy atom. The van der Waals surface area contributed by atoms with Crippen molar-refractivity contribution in [3.8, 4) is 16.9 Å². The van der Waals surface area contributed by atoms with Crippen LogP contribution in [0.1, 0.15) is 30.2 Å². The van der Waals surface area contributed by atoms with Crippen molar-refractivity contribution in [2.24, 2.45) is 0 Å². The number of hydrogen-bond donors (Lipinski definition) is 2. The van der Waals surface area contributed by atoms with E-state index in [1.165, 1.54) is 0 Å². The van der Waals surface area contributed by atoms with Crippen molar-refractivity contribution in [1.82, 2.24) is 9.97 Å². The van der Waals surface area contributed by atoms with Gasteiger partial charge in [0, 0.05) is 34.8 Å². The Kier molecular flexibility index (Phi) is 6.11. The van der Waals surface area contributed by atoms with Crippen molar-refractivity contribution in [1.29, 1.82) is 0 Å². The van der Waals surface area contributed by atoms with Crippen molar-refractivity contribution in [3.63, 3.8) is 0 Å². The van der Waals surface area contributed by atoms with E-state index in [9.17, 15) is 13.9 Å². The summed E-state index contributed by atoms with van der Waals surface area (Å²) in [6.07, 6.45) is 1.18. The molecule has 0 radical (unpaired) electrons. The fourth-order valence-electron chi connectivity index (χ4n) is 4.40. The molecule has 10 heteroatoms. The average Bonchev–Trinajstić information content (AvgIpc) is 3.41. The van der Waals surface area contributed by atoms with Crippen molar-refractivity contribution in [2.75, 3.05) is 18.9 Å². The molecule has 2 aliphatic heterocycles. The molecule has 2 aromatic heterocycles. The molecule has 3 N–H and O–H groups in total. The van der Waals surface area contributed by atoms with Crippen LogP contribution in [-0.2, 0) is 9.47 Å². The van der Waals surface area contributed by atoms with E-state index in [-0.39, 0.29) is 46.9 Å². The zero-order valence-electron chi connectivity index (χ0n) is 18.1. The van der Waals surface area contributed by atoms with E-state index in [0.29, 0.717) is 12.2 Å². The first-order valence-electron chi connectivity index (χ1n) is 10.8. The molecule has 5 atom stereocenters. The van der Waals surface area contributed by atoms with Gasteiger partial charge in [0.05, 0.1) is 30.3 Å². The smallest absolute Gasteiger partial charge is 0.166 e. The zero-order chi connectivity index (χ0) is 24.0. The van der Waals surface area contributed by atoms with Gasteiger partial charge in [-0.3, -0.25) is 4.98 Å². The van der Waals surface area contributed by atoms with Crippen molar-refractivity contribution in [2.45, 2.75) is 37.3 Å². The highest BCUT2D eigenvalue weighted by molar-refractivity contribution is 6.31. The molecule has 0 bridgehead atoms. The first kappa shape index (κ1) is 22.9. The first-order chi connectivity index (χ1) is 16.3. The van der Waals surface area contributed by atoms with Crippen molar-refractivity contribution >= 4 is 17.4 Å². The molecule has 0 spiro atoms. The molecule has 1 aromatic carbocycles. The molecule has 2 saturated heterocycles. The van der Waals surface area contributed by atoms with E-state index in [1.54, 1.807) is 25.4 Å². The number of fused-ring (bicyclic) bond motifs is 1. The van der Waals surface area contributed by atoms with E-state index >= 15 is 0 Å². The van der Waals surface area contributed by atoms with Crippen LogP contribution in [0.2, 0.25) is 5.02 Å². The number of aliphatic hydroxyl groups is 1. The molecule has 5 rings (SSSR count). The van der Waals surface area contributed by atoms with Gasteiger partial charge in [-0.15, -0.1) is 0 Å². The van der Waals surface area contributed by atoms with E-state index in [2.05, 4.69) is 9.97 Å². The second-order valence-electron chi connectivity index (χ2n) is 8.37. The number of nitrogen functional groups attached to an aromatic ring is 1. The Balaban J connectivity index is 1.36. The number of hydrogen-bond acceptors (Lipinski definition) is 7. The molecule has 2 aliphatic rings. The van der Waals surface area contributed by atoms with Gasteiger partial charge in [0.1, 0.15) is 29.9 Å². The van der Waals surface area contributed by atoms with Crippen LogP contribution in [0.5, 0.6) is 5.75 Å². The molecule has 4 heterocycles. The fourth-order valence-corrected chi connectivity index (χ4v) is 4.71. The van der Waals surface area contributed by atoms with Gasteiger partial charge in [0.2, 0.25) is 0 Å². The molecule has 0 amide bonds. The summed E-state index contributed by atoms with van der Waals surface area (Å²) in [7, 11) is 0. The topological polar surface area (TPSA) is 99.7 Å². The minimum absolute atomic E-state index is 0.0635. The molecule has 0 aliphatic carbocycles. The van der Waals surface area contributed by atoms with Gasteiger partial charge >= 0.3 is 0 Å². The molecule has 3 aromatic rings. The second kappa shape index (κ2) is 9.07. The number of anilines is 1. The quantitative estimate of drug-likeness (QED) is 0.522. The maximum Gasteiger partial charge on any atom is 0.166 e. The SMILES string of the molecule is C[C@@H](Oc1cc(-c2ccc([C@H]3CO[C@H]4[C@@H]3OC[C@H]4O)nc2)cnc1N)c1c(F)ccc(F)c1Cl. The van der Waals surface area contributed by atoms with E-state index in [0.717, 1.165) is 23.4 Å². The summed E-state index contributed by atoms with van der Waals surface area (Å²) < 4.78 is 45.3. The van der Waals surface area contributed by atoms with Crippen LogP contribution in [0.15, 0.2) is 42.7 Å². The highest BCUT2D eigenvalue weighted by Crippen LogP contribution is 2.38. The summed E-state index contributed by atoms with van der Waals surface area (Å²) in [4.78, 5) is 8.74. The van der Waals surface area contributed by atoms with Crippen LogP contribution < -0.4 is 10.5 Å². The van der Waals surface area contributed by atoms with Crippen LogP contribution in [-0.4, -0.2) is 46.6 Å². The predicted molar refractivity (Wildman–Crippen MR) is 121 cm³/mol. The summed E-state index contributed by atoms with van der Waals surface area (Å²) in [6, 6.07) is 7.37. The lowest BCUT2D eigenvalue weighted by Crippen LogP contribution is -2.28. The second-order valence-corrected chi connectivity index (χ2v) is 8.74. The van der Waals surface area contributed by atoms with Crippen LogP contribution in [0, 0.1) is 11.6 Å². The molecule has 178 valence electrons. The standard InChI is InChI=1S/C24H22ClF2N3O4/c1-11(20-15(26)3-4-16(27)21(20)25)34-19-6-13(8-30-24(19)28)12-2-5-17(29-7-12)14-9-32-23-18(31)10-33-22(14)23/h2-8,11,14,18,22-23,31H,9-10H2,1H3,(H2,28,30)/t11-,14-,18-,22-,23-/m1/s1. The highest BCUT2D eigenvalue weighted by Gasteiger charge is 2.48. The van der Waals surface area contributed by atoms with Gasteiger partial charge in [-0.05, 0) is 31.2 Å². The average molecular weight is 490 g/mol. The van der Waals surface area contributed by atoms with Gasteiger partial charge in [-0.1, -0.05) is 17.7 Å². The number of aromatic nitrogens is 2. The Morgan fingerprint density at radius 2 is 1.79 bits per heavy atom. The van der Waals surface area contributed by atoms with Crippen LogP contribution in [0.3, 0.4) is 0 Å². The van der Waals surface area contributed by atoms with Crippen LogP contribution in [0.25, 0.3) is 11.1 Å². The van der Waals surface area contributed by atoms with E-state index in [1.807, 2.05) is 12.1 Å². The third-order valence-electron chi connectivity index (χ3n) is 6.20. The molecule has 34 heavy (non-hydrogen) atoms. The van der Waals surface area contributed by atoms with Gasteiger partial charge in [-0.25, -0.2) is 13.8 Å². The maximum absolute atomic E-state index is 14.3. The summed E-state index contributed by atoms with van der Waals surface area (Å²) in [5.41, 5.74) is 8.10. The largest absolute Gasteiger partial charge is 0.482 e. The Morgan fingerprint density at radius 1 is 1.06 bits per heavy atom. The highest BCUT2D eigenvalue weighted by atomic mass is 35.5. The van der Waals surface area contributed by atoms with Crippen molar-refractivity contribution in [3.05, 3.63) is 70.6 Å². The Hall–Kier alpha value is -2.85. The number of nitrogens with zero attached hydrogens (tertiary/aromatic N) is 2. The molecule has 0 unspecified atom stereocenters. The van der Waals surface area contributed by atoms with Gasteiger partial charge in [0.25, 0.3) is 0 Å². The normalized spacial score (nSPS) is 24.7. The number of halogens is 3. The van der Waals surface area contributed by atoms with Crippen LogP contribution >= 0.6 is 11.6 Å². The van der Waals surface area contributed by atoms with E-state index < -0.39 is 23.8 Å². The van der Waals surface area contributed by atoms with Gasteiger partial charge < -0.3 is 25.1 Å². The first-order valence-corrected chi connectivity index (χ1v) is 11.1. The molecule has 2 fully saturated rings. The summed E-state index contributed by atoms with van der Waals surface area (Å²) in [6.45, 7) is 2.23. The lowest BCUT2D eigenvalue weighted by atomic mass is 9.96. The molecule has 0 saturated carbocycles. The van der Waals surface area contributed by atoms with Crippen molar-refractivity contribution < 1.29 is 28.1 Å². The zero-order valence-corrected chi connectivity index (χ0v) is 18.9.